The van der Waals surface area contributed by atoms with E-state index in [4.69, 9.17) is 26.1 Å². The molecule has 0 amide bonds. The highest BCUT2D eigenvalue weighted by atomic mass is 35.5. The monoisotopic (exact) mass is 478 g/mol. The topological polar surface area (TPSA) is 75.9 Å². The fraction of sp³-hybridized carbons (Fsp3) is 0.346. The van der Waals surface area contributed by atoms with Crippen LogP contribution in [0.4, 0.5) is 5.95 Å². The smallest absolute Gasteiger partial charge is 0.462 e. The van der Waals surface area contributed by atoms with E-state index in [1.807, 2.05) is 47.9 Å². The Balaban J connectivity index is 1.71. The molecule has 4 aromatic rings. The van der Waals surface area contributed by atoms with Crippen LogP contribution in [0.2, 0.25) is 5.02 Å². The number of H-pyrrole nitrogens is 1. The van der Waals surface area contributed by atoms with Crippen molar-refractivity contribution in [1.82, 2.24) is 15.2 Å². The van der Waals surface area contributed by atoms with Gasteiger partial charge in [-0.2, -0.15) is 9.67 Å². The molecule has 2 aromatic carbocycles. The van der Waals surface area contributed by atoms with Crippen molar-refractivity contribution in [2.24, 2.45) is 0 Å². The van der Waals surface area contributed by atoms with Crippen molar-refractivity contribution < 1.29 is 14.0 Å². The summed E-state index contributed by atoms with van der Waals surface area (Å²) < 4.78 is 13.2. The second-order valence-electron chi connectivity index (χ2n) is 8.71. The summed E-state index contributed by atoms with van der Waals surface area (Å²) in [7, 11) is 3.28. The molecule has 0 unspecified atom stereocenters. The van der Waals surface area contributed by atoms with Crippen LogP contribution in [-0.2, 0) is 0 Å². The molecule has 2 N–H and O–H groups in total. The number of benzene rings is 2. The lowest BCUT2D eigenvalue weighted by Crippen LogP contribution is -2.38. The van der Waals surface area contributed by atoms with Crippen LogP contribution in [0.1, 0.15) is 37.8 Å². The number of methoxy groups -OCH3 is 2. The minimum absolute atomic E-state index is 0.428. The Hall–Kier alpha value is -3.32. The number of nitrogens with zero attached hydrogens (tertiary/aromatic N) is 3. The van der Waals surface area contributed by atoms with Crippen molar-refractivity contribution >= 4 is 28.3 Å². The molecule has 2 aromatic heterocycles. The van der Waals surface area contributed by atoms with E-state index in [9.17, 15) is 0 Å². The third-order valence-electron chi connectivity index (χ3n) is 6.50. The number of hydrogen-bond acceptors (Lipinski definition) is 5. The van der Waals surface area contributed by atoms with E-state index in [1.165, 1.54) is 19.3 Å². The average Bonchev–Trinajstić information content (AvgIpc) is 3.31. The molecule has 5 rings (SSSR count). The lowest BCUT2D eigenvalue weighted by atomic mass is 9.96. The van der Waals surface area contributed by atoms with Gasteiger partial charge in [-0.25, -0.2) is 0 Å². The third-order valence-corrected chi connectivity index (χ3v) is 6.83. The standard InChI is InChI=1S/C26H29ClN5O2/c1-16-13-17-14-22(33-2)23(34-3)15-20(17)24(19-11-7-8-12-21(19)27)32(16)26-29-25(30-31-26)28-18-9-5-4-6-10-18/h7-8,11-15,18H,4-6,9-10H2,1-3H3,(H2,28,29,30,31)/q+1. The molecule has 1 aliphatic rings. The molecule has 0 atom stereocenters. The Kier molecular flexibility index (Phi) is 6.28. The van der Waals surface area contributed by atoms with E-state index >= 15 is 0 Å². The van der Waals surface area contributed by atoms with Gasteiger partial charge in [-0.3, -0.25) is 0 Å². The number of hydrogen-bond donors (Lipinski definition) is 2. The van der Waals surface area contributed by atoms with Gasteiger partial charge < -0.3 is 14.8 Å². The highest BCUT2D eigenvalue weighted by molar-refractivity contribution is 6.33. The number of pyridine rings is 1. The minimum atomic E-state index is 0.428. The summed E-state index contributed by atoms with van der Waals surface area (Å²) in [5, 5.41) is 13.8. The largest absolute Gasteiger partial charge is 0.493 e. The molecular formula is C26H29ClN5O2+. The molecule has 1 fully saturated rings. The summed E-state index contributed by atoms with van der Waals surface area (Å²) in [6.07, 6.45) is 6.12. The van der Waals surface area contributed by atoms with E-state index < -0.39 is 0 Å². The number of aromatic amines is 1. The first-order chi connectivity index (χ1) is 16.6. The Morgan fingerprint density at radius 1 is 1.03 bits per heavy atom. The predicted molar refractivity (Wildman–Crippen MR) is 134 cm³/mol. The van der Waals surface area contributed by atoms with Crippen LogP contribution >= 0.6 is 11.6 Å². The van der Waals surface area contributed by atoms with Gasteiger partial charge in [0.2, 0.25) is 0 Å². The van der Waals surface area contributed by atoms with Gasteiger partial charge >= 0.3 is 11.9 Å². The maximum Gasteiger partial charge on any atom is 0.462 e. The van der Waals surface area contributed by atoms with Gasteiger partial charge in [-0.1, -0.05) is 43.0 Å². The second kappa shape index (κ2) is 9.50. The first-order valence-corrected chi connectivity index (χ1v) is 12.0. The van der Waals surface area contributed by atoms with Crippen LogP contribution in [0.3, 0.4) is 0 Å². The van der Waals surface area contributed by atoms with Gasteiger partial charge in [0, 0.05) is 22.1 Å². The Bertz CT molecular complexity index is 1330. The van der Waals surface area contributed by atoms with Crippen molar-refractivity contribution in [3.8, 4) is 28.7 Å². The molecule has 176 valence electrons. The number of rotatable bonds is 6. The van der Waals surface area contributed by atoms with Crippen molar-refractivity contribution in [2.75, 3.05) is 19.5 Å². The van der Waals surface area contributed by atoms with E-state index in [2.05, 4.69) is 21.6 Å². The SMILES string of the molecule is COc1cc2cc(C)[n+](-c3n[nH]c(NC4CCCCC4)n3)c(-c3ccccc3Cl)c2cc1OC. The van der Waals surface area contributed by atoms with Gasteiger partial charge in [0.05, 0.1) is 24.9 Å². The molecule has 1 aliphatic carbocycles. The number of fused-ring (bicyclic) bond motifs is 1. The molecule has 2 heterocycles. The van der Waals surface area contributed by atoms with E-state index in [1.54, 1.807) is 14.2 Å². The fourth-order valence-electron chi connectivity index (χ4n) is 4.84. The molecule has 1 saturated carbocycles. The zero-order valence-corrected chi connectivity index (χ0v) is 20.4. The maximum atomic E-state index is 6.71. The number of halogens is 1. The number of aryl methyl sites for hydroxylation is 1. The lowest BCUT2D eigenvalue weighted by molar-refractivity contribution is -0.597. The summed E-state index contributed by atoms with van der Waals surface area (Å²) in [4.78, 5) is 4.82. The van der Waals surface area contributed by atoms with Gasteiger partial charge in [-0.15, -0.1) is 0 Å². The summed E-state index contributed by atoms with van der Waals surface area (Å²) in [6.45, 7) is 2.04. The summed E-state index contributed by atoms with van der Waals surface area (Å²) in [6, 6.07) is 14.3. The van der Waals surface area contributed by atoms with Gasteiger partial charge in [0.25, 0.3) is 0 Å². The number of ether oxygens (including phenoxy) is 2. The highest BCUT2D eigenvalue weighted by Crippen LogP contribution is 2.38. The van der Waals surface area contributed by atoms with Crippen LogP contribution < -0.4 is 19.4 Å². The van der Waals surface area contributed by atoms with E-state index in [0.717, 1.165) is 40.6 Å². The van der Waals surface area contributed by atoms with Crippen LogP contribution in [0.15, 0.2) is 42.5 Å². The lowest BCUT2D eigenvalue weighted by Gasteiger charge is -2.20. The van der Waals surface area contributed by atoms with Crippen molar-refractivity contribution in [1.29, 1.82) is 0 Å². The third kappa shape index (κ3) is 4.16. The number of nitrogens with one attached hydrogen (secondary N) is 2. The van der Waals surface area contributed by atoms with E-state index in [0.29, 0.717) is 34.5 Å². The Morgan fingerprint density at radius 2 is 1.76 bits per heavy atom. The Morgan fingerprint density at radius 3 is 2.50 bits per heavy atom. The van der Waals surface area contributed by atoms with Crippen LogP contribution in [0.25, 0.3) is 28.0 Å². The van der Waals surface area contributed by atoms with Gasteiger partial charge in [0.1, 0.15) is 5.69 Å². The van der Waals surface area contributed by atoms with Crippen molar-refractivity contribution in [3.05, 3.63) is 53.2 Å². The quantitative estimate of drug-likeness (QED) is 0.351. The molecule has 0 aliphatic heterocycles. The van der Waals surface area contributed by atoms with Gasteiger partial charge in [0.15, 0.2) is 11.5 Å². The van der Waals surface area contributed by atoms with E-state index in [-0.39, 0.29) is 0 Å². The minimum Gasteiger partial charge on any atom is -0.493 e. The molecule has 0 saturated heterocycles. The molecule has 0 bridgehead atoms. The van der Waals surface area contributed by atoms with Crippen LogP contribution in [-0.4, -0.2) is 35.4 Å². The van der Waals surface area contributed by atoms with Crippen molar-refractivity contribution in [3.63, 3.8) is 0 Å². The zero-order valence-electron chi connectivity index (χ0n) is 19.7. The van der Waals surface area contributed by atoms with Gasteiger partial charge in [-0.05, 0) is 60.5 Å². The molecule has 34 heavy (non-hydrogen) atoms. The predicted octanol–water partition coefficient (Wildman–Crippen LogP) is 5.63. The van der Waals surface area contributed by atoms with Crippen LogP contribution in [0.5, 0.6) is 11.5 Å². The van der Waals surface area contributed by atoms with Crippen LogP contribution in [0, 0.1) is 6.92 Å². The first-order valence-electron chi connectivity index (χ1n) is 11.6. The summed E-state index contributed by atoms with van der Waals surface area (Å²) >= 11 is 6.71. The molecule has 7 nitrogen and oxygen atoms in total. The average molecular weight is 479 g/mol. The number of aromatic nitrogens is 4. The summed E-state index contributed by atoms with van der Waals surface area (Å²) in [5.74, 6) is 2.57. The molecule has 0 spiro atoms. The van der Waals surface area contributed by atoms with Crippen molar-refractivity contribution in [2.45, 2.75) is 45.1 Å². The second-order valence-corrected chi connectivity index (χ2v) is 9.11. The maximum absolute atomic E-state index is 6.71. The number of anilines is 1. The Labute approximate surface area is 204 Å². The highest BCUT2D eigenvalue weighted by Gasteiger charge is 2.27. The fourth-order valence-corrected chi connectivity index (χ4v) is 5.07. The molecular weight excluding hydrogens is 450 g/mol. The normalized spacial score (nSPS) is 14.4. The first kappa shape index (κ1) is 22.5. The summed E-state index contributed by atoms with van der Waals surface area (Å²) in [5.41, 5.74) is 2.75. The molecule has 0 radical (unpaired) electrons. The zero-order chi connectivity index (χ0) is 23.7. The molecule has 8 heteroatoms.